The smallest absolute Gasteiger partial charge is 0.177 e. The predicted molar refractivity (Wildman–Crippen MR) is 94.4 cm³/mol. The first kappa shape index (κ1) is 13.2. The van der Waals surface area contributed by atoms with E-state index in [2.05, 4.69) is 81.3 Å². The van der Waals surface area contributed by atoms with Gasteiger partial charge in [-0.15, -0.1) is 10.2 Å². The van der Waals surface area contributed by atoms with Crippen LogP contribution in [-0.2, 0) is 0 Å². The number of nitrogens with one attached hydrogen (secondary N) is 1. The lowest BCUT2D eigenvalue weighted by atomic mass is 9.87. The number of hydrogen-bond acceptors (Lipinski definition) is 3. The SMILES string of the molecule is C1=CC(c2ccc3ccccc3c2-c2nn[nH]n2)c2ccccc21. The molecule has 0 radical (unpaired) electrons. The number of aromatic nitrogens is 4. The lowest BCUT2D eigenvalue weighted by Crippen LogP contribution is -2.00. The standard InChI is InChI=1S/C20H14N4/c1-3-7-15-13(5-1)9-11-17(15)18-12-10-14-6-2-4-8-16(14)19(18)20-21-23-24-22-20/h1-12,17H,(H,21,22,23,24). The Morgan fingerprint density at radius 3 is 2.62 bits per heavy atom. The van der Waals surface area contributed by atoms with Crippen LogP contribution in [0.15, 0.2) is 66.7 Å². The number of rotatable bonds is 2. The number of H-pyrrole nitrogens is 1. The normalized spacial score (nSPS) is 15.8. The highest BCUT2D eigenvalue weighted by atomic mass is 15.5. The summed E-state index contributed by atoms with van der Waals surface area (Å²) < 4.78 is 0. The highest BCUT2D eigenvalue weighted by Gasteiger charge is 2.24. The zero-order chi connectivity index (χ0) is 15.9. The van der Waals surface area contributed by atoms with Crippen LogP contribution in [0.3, 0.4) is 0 Å². The molecule has 0 saturated heterocycles. The van der Waals surface area contributed by atoms with Gasteiger partial charge in [-0.3, -0.25) is 0 Å². The van der Waals surface area contributed by atoms with Gasteiger partial charge in [-0.25, -0.2) is 0 Å². The van der Waals surface area contributed by atoms with Crippen LogP contribution in [0.25, 0.3) is 28.2 Å². The topological polar surface area (TPSA) is 54.5 Å². The fraction of sp³-hybridized carbons (Fsp3) is 0.0500. The molecule has 0 fully saturated rings. The van der Waals surface area contributed by atoms with Crippen molar-refractivity contribution in [2.75, 3.05) is 0 Å². The summed E-state index contributed by atoms with van der Waals surface area (Å²) in [6, 6.07) is 21.2. The molecule has 0 saturated carbocycles. The number of fused-ring (bicyclic) bond motifs is 2. The van der Waals surface area contributed by atoms with Crippen molar-refractivity contribution in [2.45, 2.75) is 5.92 Å². The Morgan fingerprint density at radius 2 is 1.71 bits per heavy atom. The monoisotopic (exact) mass is 310 g/mol. The molecule has 1 unspecified atom stereocenters. The summed E-state index contributed by atoms with van der Waals surface area (Å²) in [5.41, 5.74) is 4.84. The maximum absolute atomic E-state index is 4.25. The average molecular weight is 310 g/mol. The molecule has 1 heterocycles. The maximum atomic E-state index is 4.25. The van der Waals surface area contributed by atoms with E-state index in [9.17, 15) is 0 Å². The zero-order valence-corrected chi connectivity index (χ0v) is 12.8. The maximum Gasteiger partial charge on any atom is 0.205 e. The number of nitrogens with zero attached hydrogens (tertiary/aromatic N) is 3. The predicted octanol–water partition coefficient (Wildman–Crippen LogP) is 4.18. The van der Waals surface area contributed by atoms with Crippen LogP contribution in [0.1, 0.15) is 22.6 Å². The first-order valence-electron chi connectivity index (χ1n) is 7.94. The molecule has 1 atom stereocenters. The number of aromatic amines is 1. The average Bonchev–Trinajstić information content (AvgIpc) is 3.30. The summed E-state index contributed by atoms with van der Waals surface area (Å²) in [5, 5.41) is 17.2. The van der Waals surface area contributed by atoms with Crippen molar-refractivity contribution < 1.29 is 0 Å². The van der Waals surface area contributed by atoms with E-state index in [0.29, 0.717) is 5.82 Å². The van der Waals surface area contributed by atoms with Gasteiger partial charge < -0.3 is 0 Å². The molecule has 1 N–H and O–H groups in total. The highest BCUT2D eigenvalue weighted by Crippen LogP contribution is 2.41. The Hall–Kier alpha value is -3.27. The molecule has 4 aromatic rings. The lowest BCUT2D eigenvalue weighted by Gasteiger charge is -2.17. The van der Waals surface area contributed by atoms with Crippen molar-refractivity contribution >= 4 is 16.8 Å². The van der Waals surface area contributed by atoms with Gasteiger partial charge in [0.15, 0.2) is 0 Å². The number of benzene rings is 3. The Bertz CT molecular complexity index is 1060. The first-order chi connectivity index (χ1) is 11.9. The van der Waals surface area contributed by atoms with Crippen molar-refractivity contribution in [1.29, 1.82) is 0 Å². The summed E-state index contributed by atoms with van der Waals surface area (Å²) in [4.78, 5) is 0. The van der Waals surface area contributed by atoms with Crippen LogP contribution in [0.5, 0.6) is 0 Å². The van der Waals surface area contributed by atoms with Gasteiger partial charge in [0.25, 0.3) is 0 Å². The molecular weight excluding hydrogens is 296 g/mol. The van der Waals surface area contributed by atoms with Crippen LogP contribution in [0, 0.1) is 0 Å². The van der Waals surface area contributed by atoms with E-state index in [1.807, 2.05) is 12.1 Å². The van der Waals surface area contributed by atoms with Crippen molar-refractivity contribution in [1.82, 2.24) is 20.6 Å². The second-order valence-corrected chi connectivity index (χ2v) is 5.95. The third kappa shape index (κ3) is 1.90. The molecule has 0 spiro atoms. The molecule has 4 heteroatoms. The second-order valence-electron chi connectivity index (χ2n) is 5.95. The van der Waals surface area contributed by atoms with Crippen LogP contribution in [-0.4, -0.2) is 20.6 Å². The Kier molecular flexibility index (Phi) is 2.82. The van der Waals surface area contributed by atoms with Crippen molar-refractivity contribution in [2.24, 2.45) is 0 Å². The second kappa shape index (κ2) is 5.13. The Balaban J connectivity index is 1.81. The van der Waals surface area contributed by atoms with E-state index in [1.165, 1.54) is 22.1 Å². The van der Waals surface area contributed by atoms with Crippen LogP contribution in [0.2, 0.25) is 0 Å². The minimum atomic E-state index is 0.208. The fourth-order valence-electron chi connectivity index (χ4n) is 3.59. The van der Waals surface area contributed by atoms with E-state index in [4.69, 9.17) is 0 Å². The highest BCUT2D eigenvalue weighted by molar-refractivity contribution is 5.97. The van der Waals surface area contributed by atoms with E-state index < -0.39 is 0 Å². The van der Waals surface area contributed by atoms with Gasteiger partial charge >= 0.3 is 0 Å². The molecule has 24 heavy (non-hydrogen) atoms. The van der Waals surface area contributed by atoms with Gasteiger partial charge in [0.05, 0.1) is 0 Å². The Morgan fingerprint density at radius 1 is 0.833 bits per heavy atom. The van der Waals surface area contributed by atoms with Gasteiger partial charge in [0.2, 0.25) is 5.82 Å². The van der Waals surface area contributed by atoms with Crippen LogP contribution < -0.4 is 0 Å². The van der Waals surface area contributed by atoms with Gasteiger partial charge in [-0.1, -0.05) is 72.8 Å². The van der Waals surface area contributed by atoms with E-state index in [1.54, 1.807) is 0 Å². The molecule has 0 bridgehead atoms. The largest absolute Gasteiger partial charge is 0.205 e. The summed E-state index contributed by atoms with van der Waals surface area (Å²) in [5.74, 6) is 0.846. The fourth-order valence-corrected chi connectivity index (χ4v) is 3.59. The molecule has 0 amide bonds. The minimum absolute atomic E-state index is 0.208. The first-order valence-corrected chi connectivity index (χ1v) is 7.94. The molecular formula is C20H14N4. The third-order valence-corrected chi connectivity index (χ3v) is 4.66. The molecule has 4 nitrogen and oxygen atoms in total. The summed E-state index contributed by atoms with van der Waals surface area (Å²) in [6.45, 7) is 0. The van der Waals surface area contributed by atoms with E-state index in [0.717, 1.165) is 10.9 Å². The number of hydrogen-bond donors (Lipinski definition) is 1. The van der Waals surface area contributed by atoms with E-state index >= 15 is 0 Å². The van der Waals surface area contributed by atoms with Crippen molar-refractivity contribution in [3.63, 3.8) is 0 Å². The van der Waals surface area contributed by atoms with E-state index in [-0.39, 0.29) is 5.92 Å². The van der Waals surface area contributed by atoms with Crippen LogP contribution in [0.4, 0.5) is 0 Å². The number of tetrazole rings is 1. The molecule has 5 rings (SSSR count). The van der Waals surface area contributed by atoms with Crippen molar-refractivity contribution in [3.05, 3.63) is 83.4 Å². The summed E-state index contributed by atoms with van der Waals surface area (Å²) in [6.07, 6.45) is 4.44. The zero-order valence-electron chi connectivity index (χ0n) is 12.8. The van der Waals surface area contributed by atoms with Gasteiger partial charge in [-0.05, 0) is 32.7 Å². The third-order valence-electron chi connectivity index (χ3n) is 4.66. The summed E-state index contributed by atoms with van der Waals surface area (Å²) >= 11 is 0. The van der Waals surface area contributed by atoms with Gasteiger partial charge in [0.1, 0.15) is 0 Å². The Labute approximate surface area is 138 Å². The van der Waals surface area contributed by atoms with Gasteiger partial charge in [-0.2, -0.15) is 5.21 Å². The van der Waals surface area contributed by atoms with Gasteiger partial charge in [0, 0.05) is 11.5 Å². The quantitative estimate of drug-likeness (QED) is 0.604. The molecule has 3 aromatic carbocycles. The summed E-state index contributed by atoms with van der Waals surface area (Å²) in [7, 11) is 0. The molecule has 1 aliphatic rings. The van der Waals surface area contributed by atoms with Crippen molar-refractivity contribution in [3.8, 4) is 11.4 Å². The number of allylic oxidation sites excluding steroid dienone is 1. The molecule has 1 aromatic heterocycles. The van der Waals surface area contributed by atoms with Crippen LogP contribution >= 0.6 is 0 Å². The molecule has 0 aliphatic heterocycles. The molecule has 1 aliphatic carbocycles. The molecule has 114 valence electrons. The minimum Gasteiger partial charge on any atom is -0.177 e. The lowest BCUT2D eigenvalue weighted by molar-refractivity contribution is 0.881.